The first kappa shape index (κ1) is 20.6. The second kappa shape index (κ2) is 9.05. The summed E-state index contributed by atoms with van der Waals surface area (Å²) in [4.78, 5) is 16.7. The minimum atomic E-state index is -0.511. The zero-order valence-corrected chi connectivity index (χ0v) is 17.6. The Balaban J connectivity index is 1.27. The minimum Gasteiger partial charge on any atom is -0.454 e. The van der Waals surface area contributed by atoms with Gasteiger partial charge < -0.3 is 14.8 Å². The lowest BCUT2D eigenvalue weighted by Gasteiger charge is -2.15. The van der Waals surface area contributed by atoms with Gasteiger partial charge in [-0.15, -0.1) is 5.10 Å². The van der Waals surface area contributed by atoms with Crippen molar-refractivity contribution in [1.29, 1.82) is 0 Å². The van der Waals surface area contributed by atoms with Gasteiger partial charge in [0.1, 0.15) is 18.0 Å². The molecule has 0 saturated carbocycles. The molecule has 1 atom stereocenters. The van der Waals surface area contributed by atoms with Crippen LogP contribution in [-0.4, -0.2) is 37.6 Å². The number of nitrogens with zero attached hydrogens (tertiary/aromatic N) is 4. The van der Waals surface area contributed by atoms with Crippen molar-refractivity contribution in [3.8, 4) is 11.3 Å². The lowest BCUT2D eigenvalue weighted by atomic mass is 10.1. The quantitative estimate of drug-likeness (QED) is 0.401. The molecule has 0 aliphatic rings. The van der Waals surface area contributed by atoms with Crippen LogP contribution in [0.5, 0.6) is 0 Å². The van der Waals surface area contributed by atoms with Crippen LogP contribution < -0.4 is 5.32 Å². The summed E-state index contributed by atoms with van der Waals surface area (Å²) in [7, 11) is 0. The molecular formula is C25H21N5O3. The number of carbonyl (C=O) groups is 1. The molecule has 33 heavy (non-hydrogen) atoms. The number of hydrogen-bond donors (Lipinski definition) is 2. The third-order valence-electron chi connectivity index (χ3n) is 5.37. The maximum atomic E-state index is 12.6. The fraction of sp³-hybridized carbons (Fsp3) is 0.120. The van der Waals surface area contributed by atoms with Crippen molar-refractivity contribution in [3.05, 3.63) is 102 Å². The molecule has 2 aromatic carbocycles. The van der Waals surface area contributed by atoms with Gasteiger partial charge in [-0.2, -0.15) is 0 Å². The van der Waals surface area contributed by atoms with Crippen LogP contribution in [0, 0.1) is 0 Å². The highest BCUT2D eigenvalue weighted by atomic mass is 16.4. The Morgan fingerprint density at radius 2 is 1.94 bits per heavy atom. The van der Waals surface area contributed by atoms with E-state index in [1.54, 1.807) is 23.0 Å². The van der Waals surface area contributed by atoms with Crippen molar-refractivity contribution in [2.75, 3.05) is 6.61 Å². The number of pyridine rings is 1. The Morgan fingerprint density at radius 1 is 1.06 bits per heavy atom. The van der Waals surface area contributed by atoms with Gasteiger partial charge in [0.25, 0.3) is 5.91 Å². The average molecular weight is 439 g/mol. The highest BCUT2D eigenvalue weighted by Gasteiger charge is 2.18. The van der Waals surface area contributed by atoms with Crippen LogP contribution in [0.4, 0.5) is 0 Å². The predicted molar refractivity (Wildman–Crippen MR) is 122 cm³/mol. The van der Waals surface area contributed by atoms with Crippen LogP contribution in [0.1, 0.15) is 27.9 Å². The molecule has 3 aromatic heterocycles. The first-order chi connectivity index (χ1) is 16.2. The van der Waals surface area contributed by atoms with Crippen LogP contribution in [0.2, 0.25) is 0 Å². The van der Waals surface area contributed by atoms with Crippen molar-refractivity contribution in [2.24, 2.45) is 0 Å². The number of aromatic nitrogens is 4. The average Bonchev–Trinajstić information content (AvgIpc) is 3.53. The second-order valence-corrected chi connectivity index (χ2v) is 7.62. The first-order valence-electron chi connectivity index (χ1n) is 10.5. The zero-order chi connectivity index (χ0) is 22.6. The Kier molecular flexibility index (Phi) is 5.65. The lowest BCUT2D eigenvalue weighted by molar-refractivity contribution is 0.0886. The summed E-state index contributed by atoms with van der Waals surface area (Å²) in [6, 6.07) is 20.1. The number of amides is 1. The van der Waals surface area contributed by atoms with Gasteiger partial charge in [0, 0.05) is 23.3 Å². The van der Waals surface area contributed by atoms with Gasteiger partial charge in [-0.3, -0.25) is 9.78 Å². The highest BCUT2D eigenvalue weighted by molar-refractivity contribution is 5.91. The molecule has 2 N–H and O–H groups in total. The molecule has 3 heterocycles. The molecule has 0 unspecified atom stereocenters. The Morgan fingerprint density at radius 3 is 2.79 bits per heavy atom. The standard InChI is InChI=1S/C25H21N5O3/c31-16-23(17-4-2-1-3-5-17)27-25(32)24-9-8-21(33-24)14-30-15-22(28-29-30)19-6-7-20-13-26-11-10-18(20)12-19/h1-13,15,23,31H,14,16H2,(H,27,32)/t23-/m1/s1. The number of benzene rings is 2. The van der Waals surface area contributed by atoms with E-state index in [2.05, 4.69) is 20.6 Å². The molecule has 0 fully saturated rings. The van der Waals surface area contributed by atoms with Crippen molar-refractivity contribution in [1.82, 2.24) is 25.3 Å². The van der Waals surface area contributed by atoms with Crippen molar-refractivity contribution in [2.45, 2.75) is 12.6 Å². The first-order valence-corrected chi connectivity index (χ1v) is 10.5. The SMILES string of the molecule is O=C(N[C@H](CO)c1ccccc1)c1ccc(Cn2cc(-c3ccc4cnccc4c3)nn2)o1. The topological polar surface area (TPSA) is 106 Å². The van der Waals surface area contributed by atoms with E-state index < -0.39 is 11.9 Å². The third-order valence-corrected chi connectivity index (χ3v) is 5.37. The maximum absolute atomic E-state index is 12.6. The Bertz CT molecular complexity index is 1390. The monoisotopic (exact) mass is 439 g/mol. The van der Waals surface area contributed by atoms with Crippen LogP contribution in [0.25, 0.3) is 22.0 Å². The number of hydrogen-bond acceptors (Lipinski definition) is 6. The van der Waals surface area contributed by atoms with Gasteiger partial charge in [0.2, 0.25) is 0 Å². The molecule has 0 spiro atoms. The van der Waals surface area contributed by atoms with Crippen molar-refractivity contribution >= 4 is 16.7 Å². The van der Waals surface area contributed by atoms with Gasteiger partial charge in [-0.25, -0.2) is 4.68 Å². The smallest absolute Gasteiger partial charge is 0.287 e. The molecule has 164 valence electrons. The van der Waals surface area contributed by atoms with E-state index in [0.29, 0.717) is 12.3 Å². The molecular weight excluding hydrogens is 418 g/mol. The van der Waals surface area contributed by atoms with Gasteiger partial charge in [-0.05, 0) is 35.2 Å². The molecule has 0 bridgehead atoms. The summed E-state index contributed by atoms with van der Waals surface area (Å²) in [5.74, 6) is 0.346. The lowest BCUT2D eigenvalue weighted by Crippen LogP contribution is -2.30. The largest absolute Gasteiger partial charge is 0.454 e. The normalized spacial score (nSPS) is 12.0. The van der Waals surface area contributed by atoms with E-state index in [1.807, 2.05) is 67.0 Å². The third kappa shape index (κ3) is 4.51. The van der Waals surface area contributed by atoms with Gasteiger partial charge in [0.05, 0.1) is 18.8 Å². The number of aliphatic hydroxyl groups is 1. The number of aliphatic hydroxyl groups excluding tert-OH is 1. The number of carbonyl (C=O) groups excluding carboxylic acids is 1. The van der Waals surface area contributed by atoms with Crippen molar-refractivity contribution in [3.63, 3.8) is 0 Å². The molecule has 0 radical (unpaired) electrons. The molecule has 1 amide bonds. The molecule has 8 nitrogen and oxygen atoms in total. The number of furan rings is 1. The molecule has 5 aromatic rings. The zero-order valence-electron chi connectivity index (χ0n) is 17.6. The molecule has 5 rings (SSSR count). The Labute approximate surface area is 189 Å². The molecule has 0 aliphatic carbocycles. The van der Waals surface area contributed by atoms with Gasteiger partial charge in [0.15, 0.2) is 5.76 Å². The summed E-state index contributed by atoms with van der Waals surface area (Å²) in [5.41, 5.74) is 2.52. The van der Waals surface area contributed by atoms with Crippen LogP contribution >= 0.6 is 0 Å². The summed E-state index contributed by atoms with van der Waals surface area (Å²) in [6.07, 6.45) is 5.42. The van der Waals surface area contributed by atoms with Gasteiger partial charge >= 0.3 is 0 Å². The van der Waals surface area contributed by atoms with Crippen LogP contribution in [-0.2, 0) is 6.54 Å². The van der Waals surface area contributed by atoms with E-state index in [0.717, 1.165) is 27.6 Å². The summed E-state index contributed by atoms with van der Waals surface area (Å²) >= 11 is 0. The number of nitrogens with one attached hydrogen (secondary N) is 1. The fourth-order valence-corrected chi connectivity index (χ4v) is 3.64. The number of fused-ring (bicyclic) bond motifs is 1. The predicted octanol–water partition coefficient (Wildman–Crippen LogP) is 3.60. The molecule has 0 aliphatic heterocycles. The van der Waals surface area contributed by atoms with Gasteiger partial charge in [-0.1, -0.05) is 47.7 Å². The van der Waals surface area contributed by atoms with E-state index in [4.69, 9.17) is 4.42 Å². The summed E-state index contributed by atoms with van der Waals surface area (Å²) in [5, 5.41) is 23.0. The molecule has 8 heteroatoms. The summed E-state index contributed by atoms with van der Waals surface area (Å²) < 4.78 is 7.37. The van der Waals surface area contributed by atoms with E-state index in [1.165, 1.54) is 0 Å². The fourth-order valence-electron chi connectivity index (χ4n) is 3.64. The Hall–Kier alpha value is -4.30. The van der Waals surface area contributed by atoms with Crippen LogP contribution in [0.3, 0.4) is 0 Å². The summed E-state index contributed by atoms with van der Waals surface area (Å²) in [6.45, 7) is 0.121. The highest BCUT2D eigenvalue weighted by Crippen LogP contribution is 2.22. The van der Waals surface area contributed by atoms with Crippen molar-refractivity contribution < 1.29 is 14.3 Å². The van der Waals surface area contributed by atoms with Crippen LogP contribution in [0.15, 0.2) is 89.7 Å². The van der Waals surface area contributed by atoms with E-state index in [9.17, 15) is 9.90 Å². The number of rotatable bonds is 7. The minimum absolute atomic E-state index is 0.169. The van der Waals surface area contributed by atoms with E-state index in [-0.39, 0.29) is 12.4 Å². The second-order valence-electron chi connectivity index (χ2n) is 7.62. The molecule has 0 saturated heterocycles. The maximum Gasteiger partial charge on any atom is 0.287 e. The van der Waals surface area contributed by atoms with E-state index >= 15 is 0 Å².